The van der Waals surface area contributed by atoms with Crippen LogP contribution >= 0.6 is 12.2 Å². The highest BCUT2D eigenvalue weighted by Crippen LogP contribution is 2.20. The van der Waals surface area contributed by atoms with Crippen LogP contribution < -0.4 is 10.1 Å². The van der Waals surface area contributed by atoms with Gasteiger partial charge < -0.3 is 19.0 Å². The second-order valence-corrected chi connectivity index (χ2v) is 7.34. The van der Waals surface area contributed by atoms with E-state index in [0.717, 1.165) is 22.7 Å². The van der Waals surface area contributed by atoms with E-state index in [1.807, 2.05) is 55.0 Å². The Hall–Kier alpha value is -3.46. The first kappa shape index (κ1) is 19.8. The maximum atomic E-state index is 12.7. The molecule has 4 rings (SSSR count). The van der Waals surface area contributed by atoms with Crippen molar-refractivity contribution in [3.05, 3.63) is 76.2 Å². The minimum Gasteiger partial charge on any atom is -0.486 e. The Morgan fingerprint density at radius 2 is 2.10 bits per heavy atom. The molecule has 0 saturated carbocycles. The van der Waals surface area contributed by atoms with Gasteiger partial charge in [-0.2, -0.15) is 5.10 Å². The Bertz CT molecular complexity index is 1260. The summed E-state index contributed by atoms with van der Waals surface area (Å²) in [6, 6.07) is 11.2. The standard InChI is InChI=1S/C21H22N6O2S/c1-14-6-5-11-27-12-15(23-19(14)27)13-29-17-8-4-3-7-16(17)20(28)22-10-9-18-24-25-21(30)26(18)2/h3-8,11-12H,9-10,13H2,1-2H3,(H,22,28)(H,25,30). The summed E-state index contributed by atoms with van der Waals surface area (Å²) >= 11 is 5.10. The van der Waals surface area contributed by atoms with Crippen LogP contribution in [0.2, 0.25) is 0 Å². The van der Waals surface area contributed by atoms with Crippen molar-refractivity contribution in [1.82, 2.24) is 29.5 Å². The number of nitrogens with one attached hydrogen (secondary N) is 2. The van der Waals surface area contributed by atoms with E-state index in [0.29, 0.717) is 29.0 Å². The largest absolute Gasteiger partial charge is 0.486 e. The zero-order chi connectivity index (χ0) is 21.1. The number of aryl methyl sites for hydroxylation is 1. The lowest BCUT2D eigenvalue weighted by Gasteiger charge is -2.11. The first-order valence-corrected chi connectivity index (χ1v) is 9.97. The van der Waals surface area contributed by atoms with E-state index < -0.39 is 0 Å². The van der Waals surface area contributed by atoms with Gasteiger partial charge in [0.15, 0.2) is 4.77 Å². The van der Waals surface area contributed by atoms with Crippen molar-refractivity contribution in [3.8, 4) is 5.75 Å². The maximum absolute atomic E-state index is 12.7. The third kappa shape index (κ3) is 4.11. The van der Waals surface area contributed by atoms with Crippen LogP contribution in [-0.4, -0.2) is 36.6 Å². The summed E-state index contributed by atoms with van der Waals surface area (Å²) in [6.45, 7) is 2.73. The summed E-state index contributed by atoms with van der Waals surface area (Å²) in [5.74, 6) is 1.10. The van der Waals surface area contributed by atoms with Gasteiger partial charge in [-0.15, -0.1) is 0 Å². The summed E-state index contributed by atoms with van der Waals surface area (Å²) in [5, 5.41) is 9.80. The Morgan fingerprint density at radius 1 is 1.27 bits per heavy atom. The smallest absolute Gasteiger partial charge is 0.255 e. The number of amides is 1. The highest BCUT2D eigenvalue weighted by atomic mass is 32.1. The number of aromatic nitrogens is 5. The lowest BCUT2D eigenvalue weighted by Crippen LogP contribution is -2.26. The van der Waals surface area contributed by atoms with E-state index in [9.17, 15) is 4.79 Å². The van der Waals surface area contributed by atoms with Crippen LogP contribution in [-0.2, 0) is 20.1 Å². The van der Waals surface area contributed by atoms with Gasteiger partial charge in [0.05, 0.1) is 11.3 Å². The van der Waals surface area contributed by atoms with Gasteiger partial charge in [0.1, 0.15) is 23.8 Å². The molecule has 0 aliphatic heterocycles. The van der Waals surface area contributed by atoms with Crippen LogP contribution in [0.1, 0.15) is 27.4 Å². The second kappa shape index (κ2) is 8.50. The zero-order valence-corrected chi connectivity index (χ0v) is 17.6. The Balaban J connectivity index is 1.41. The molecule has 0 aliphatic rings. The van der Waals surface area contributed by atoms with Crippen LogP contribution in [0.5, 0.6) is 5.75 Å². The van der Waals surface area contributed by atoms with Gasteiger partial charge in [0, 0.05) is 32.4 Å². The van der Waals surface area contributed by atoms with Gasteiger partial charge in [0.2, 0.25) is 0 Å². The van der Waals surface area contributed by atoms with Gasteiger partial charge in [-0.25, -0.2) is 4.98 Å². The fourth-order valence-corrected chi connectivity index (χ4v) is 3.34. The topological polar surface area (TPSA) is 89.2 Å². The number of carbonyl (C=O) groups excluding carboxylic acids is 1. The molecule has 30 heavy (non-hydrogen) atoms. The molecule has 1 amide bonds. The summed E-state index contributed by atoms with van der Waals surface area (Å²) in [4.78, 5) is 17.3. The normalized spacial score (nSPS) is 11.0. The quantitative estimate of drug-likeness (QED) is 0.447. The van der Waals surface area contributed by atoms with Crippen molar-refractivity contribution in [2.45, 2.75) is 20.0 Å². The first-order valence-electron chi connectivity index (χ1n) is 9.56. The van der Waals surface area contributed by atoms with Gasteiger partial charge in [-0.3, -0.25) is 9.89 Å². The molecule has 0 fully saturated rings. The number of rotatable bonds is 7. The molecule has 3 heterocycles. The van der Waals surface area contributed by atoms with E-state index in [2.05, 4.69) is 20.5 Å². The van der Waals surface area contributed by atoms with Crippen LogP contribution in [0.4, 0.5) is 0 Å². The molecule has 2 N–H and O–H groups in total. The average molecular weight is 423 g/mol. The number of para-hydroxylation sites is 1. The third-order valence-corrected chi connectivity index (χ3v) is 5.21. The van der Waals surface area contributed by atoms with Gasteiger partial charge in [-0.1, -0.05) is 18.2 Å². The number of aromatic amines is 1. The van der Waals surface area contributed by atoms with E-state index in [-0.39, 0.29) is 12.5 Å². The number of hydrogen-bond acceptors (Lipinski definition) is 5. The first-order chi connectivity index (χ1) is 14.5. The van der Waals surface area contributed by atoms with Crippen molar-refractivity contribution >= 4 is 23.8 Å². The van der Waals surface area contributed by atoms with Crippen molar-refractivity contribution < 1.29 is 9.53 Å². The second-order valence-electron chi connectivity index (χ2n) is 6.95. The minimum atomic E-state index is -0.201. The number of carbonyl (C=O) groups is 1. The molecule has 9 heteroatoms. The molecule has 0 saturated heterocycles. The molecule has 0 unspecified atom stereocenters. The van der Waals surface area contributed by atoms with E-state index in [1.54, 1.807) is 16.7 Å². The van der Waals surface area contributed by atoms with Crippen LogP contribution in [0.3, 0.4) is 0 Å². The average Bonchev–Trinajstić information content (AvgIpc) is 3.31. The molecule has 8 nitrogen and oxygen atoms in total. The molecule has 3 aromatic heterocycles. The fraction of sp³-hybridized carbons (Fsp3) is 0.238. The molecule has 0 bridgehead atoms. The lowest BCUT2D eigenvalue weighted by molar-refractivity contribution is 0.0949. The lowest BCUT2D eigenvalue weighted by atomic mass is 10.2. The van der Waals surface area contributed by atoms with Gasteiger partial charge in [0.25, 0.3) is 5.91 Å². The third-order valence-electron chi connectivity index (χ3n) is 4.84. The SMILES string of the molecule is Cc1cccn2cc(COc3ccccc3C(=O)NCCc3n[nH]c(=S)n3C)nc12. The highest BCUT2D eigenvalue weighted by molar-refractivity contribution is 7.71. The molecule has 0 spiro atoms. The number of H-pyrrole nitrogens is 1. The number of fused-ring (bicyclic) bond motifs is 1. The summed E-state index contributed by atoms with van der Waals surface area (Å²) in [5.41, 5.74) is 3.27. The molecule has 0 atom stereocenters. The molecular formula is C21H22N6O2S. The van der Waals surface area contributed by atoms with Crippen LogP contribution in [0.25, 0.3) is 5.65 Å². The molecule has 4 aromatic rings. The monoisotopic (exact) mass is 422 g/mol. The number of hydrogen-bond donors (Lipinski definition) is 2. The number of imidazole rings is 1. The van der Waals surface area contributed by atoms with E-state index >= 15 is 0 Å². The van der Waals surface area contributed by atoms with Crippen molar-refractivity contribution in [3.63, 3.8) is 0 Å². The Kier molecular flexibility index (Phi) is 5.62. The van der Waals surface area contributed by atoms with Crippen molar-refractivity contribution in [1.29, 1.82) is 0 Å². The number of ether oxygens (including phenoxy) is 1. The number of pyridine rings is 1. The predicted octanol–water partition coefficient (Wildman–Crippen LogP) is 2.99. The summed E-state index contributed by atoms with van der Waals surface area (Å²) in [7, 11) is 1.84. The number of benzene rings is 1. The molecule has 1 aromatic carbocycles. The minimum absolute atomic E-state index is 0.201. The van der Waals surface area contributed by atoms with Crippen molar-refractivity contribution in [2.75, 3.05) is 6.54 Å². The molecular weight excluding hydrogens is 400 g/mol. The van der Waals surface area contributed by atoms with Gasteiger partial charge >= 0.3 is 0 Å². The van der Waals surface area contributed by atoms with Crippen molar-refractivity contribution in [2.24, 2.45) is 7.05 Å². The Morgan fingerprint density at radius 3 is 2.87 bits per heavy atom. The maximum Gasteiger partial charge on any atom is 0.255 e. The Labute approximate surface area is 178 Å². The van der Waals surface area contributed by atoms with Crippen LogP contribution in [0, 0.1) is 11.7 Å². The van der Waals surface area contributed by atoms with Gasteiger partial charge in [-0.05, 0) is 42.9 Å². The summed E-state index contributed by atoms with van der Waals surface area (Å²) < 4.78 is 10.2. The van der Waals surface area contributed by atoms with E-state index in [1.165, 1.54) is 0 Å². The fourth-order valence-electron chi connectivity index (χ4n) is 3.19. The molecule has 0 aliphatic carbocycles. The highest BCUT2D eigenvalue weighted by Gasteiger charge is 2.13. The van der Waals surface area contributed by atoms with Crippen LogP contribution in [0.15, 0.2) is 48.8 Å². The zero-order valence-electron chi connectivity index (χ0n) is 16.8. The molecule has 0 radical (unpaired) electrons. The van der Waals surface area contributed by atoms with E-state index in [4.69, 9.17) is 17.0 Å². The predicted molar refractivity (Wildman–Crippen MR) is 115 cm³/mol. The number of nitrogens with zero attached hydrogens (tertiary/aromatic N) is 4. The summed E-state index contributed by atoms with van der Waals surface area (Å²) in [6.07, 6.45) is 4.45. The molecule has 154 valence electrons.